The minimum absolute atomic E-state index is 0. The Morgan fingerprint density at radius 3 is 2.29 bits per heavy atom. The van der Waals surface area contributed by atoms with Gasteiger partial charge in [-0.25, -0.2) is 0 Å². The molecule has 1 aliphatic rings. The first-order valence-electron chi connectivity index (χ1n) is 6.58. The van der Waals surface area contributed by atoms with E-state index in [9.17, 15) is 9.59 Å². The van der Waals surface area contributed by atoms with E-state index < -0.39 is 6.04 Å². The fraction of sp³-hybridized carbons (Fsp3) is 0.429. The molecule has 1 heterocycles. The van der Waals surface area contributed by atoms with Gasteiger partial charge in [0.2, 0.25) is 5.91 Å². The van der Waals surface area contributed by atoms with Gasteiger partial charge in [0.05, 0.1) is 6.04 Å². The molecular weight excluding hydrogens is 313 g/mol. The van der Waals surface area contributed by atoms with Crippen molar-refractivity contribution in [3.05, 3.63) is 34.9 Å². The Labute approximate surface area is 135 Å². The quantitative estimate of drug-likeness (QED) is 0.890. The number of nitrogens with two attached hydrogens (primary N) is 1. The number of carbonyl (C=O) groups is 2. The van der Waals surface area contributed by atoms with Crippen LogP contribution in [0.2, 0.25) is 5.02 Å². The third-order valence-electron chi connectivity index (χ3n) is 3.34. The number of piperazine rings is 1. The van der Waals surface area contributed by atoms with E-state index in [0.717, 1.165) is 0 Å². The van der Waals surface area contributed by atoms with E-state index in [1.807, 2.05) is 0 Å². The molecule has 7 heteroatoms. The van der Waals surface area contributed by atoms with Crippen LogP contribution in [0, 0.1) is 0 Å². The average molecular weight is 332 g/mol. The van der Waals surface area contributed by atoms with E-state index in [-0.39, 0.29) is 24.2 Å². The molecule has 1 aromatic carbocycles. The second-order valence-corrected chi connectivity index (χ2v) is 5.35. The van der Waals surface area contributed by atoms with Crippen molar-refractivity contribution in [2.45, 2.75) is 13.0 Å². The summed E-state index contributed by atoms with van der Waals surface area (Å²) >= 11 is 5.89. The second-order valence-electron chi connectivity index (χ2n) is 4.92. The molecule has 1 saturated heterocycles. The summed E-state index contributed by atoms with van der Waals surface area (Å²) in [7, 11) is 0. The SMILES string of the molecule is C[C@H](N)C(=O)N1CCN(C(=O)c2cccc(Cl)c2)CC1.Cl. The highest BCUT2D eigenvalue weighted by Crippen LogP contribution is 2.14. The maximum Gasteiger partial charge on any atom is 0.254 e. The zero-order chi connectivity index (χ0) is 14.7. The Morgan fingerprint density at radius 2 is 1.76 bits per heavy atom. The molecule has 2 rings (SSSR count). The lowest BCUT2D eigenvalue weighted by Gasteiger charge is -2.35. The highest BCUT2D eigenvalue weighted by Gasteiger charge is 2.26. The number of halogens is 2. The van der Waals surface area contributed by atoms with Crippen LogP contribution in [-0.2, 0) is 4.79 Å². The summed E-state index contributed by atoms with van der Waals surface area (Å²) < 4.78 is 0. The molecule has 0 aliphatic carbocycles. The Balaban J connectivity index is 0.00000220. The van der Waals surface area contributed by atoms with E-state index in [1.54, 1.807) is 41.0 Å². The van der Waals surface area contributed by atoms with Gasteiger partial charge in [-0.1, -0.05) is 17.7 Å². The standard InChI is InChI=1S/C14H18ClN3O2.ClH/c1-10(16)13(19)17-5-7-18(8-6-17)14(20)11-3-2-4-12(15)9-11;/h2-4,9-10H,5-8,16H2,1H3;1H/t10-;/m0./s1. The van der Waals surface area contributed by atoms with Crippen LogP contribution < -0.4 is 5.73 Å². The lowest BCUT2D eigenvalue weighted by Crippen LogP contribution is -2.53. The zero-order valence-electron chi connectivity index (χ0n) is 11.8. The van der Waals surface area contributed by atoms with Crippen LogP contribution in [0.1, 0.15) is 17.3 Å². The molecule has 0 aromatic heterocycles. The maximum atomic E-state index is 12.3. The van der Waals surface area contributed by atoms with E-state index in [4.69, 9.17) is 17.3 Å². The number of benzene rings is 1. The van der Waals surface area contributed by atoms with Crippen LogP contribution in [-0.4, -0.2) is 53.8 Å². The monoisotopic (exact) mass is 331 g/mol. The normalized spacial score (nSPS) is 16.1. The van der Waals surface area contributed by atoms with Crippen LogP contribution in [0.4, 0.5) is 0 Å². The molecule has 2 amide bonds. The minimum atomic E-state index is -0.495. The van der Waals surface area contributed by atoms with Crippen LogP contribution >= 0.6 is 24.0 Å². The summed E-state index contributed by atoms with van der Waals surface area (Å²) in [5.74, 6) is -0.125. The first-order valence-corrected chi connectivity index (χ1v) is 6.96. The van der Waals surface area contributed by atoms with Crippen molar-refractivity contribution < 1.29 is 9.59 Å². The Bertz CT molecular complexity index is 515. The van der Waals surface area contributed by atoms with Crippen molar-refractivity contribution in [3.63, 3.8) is 0 Å². The fourth-order valence-electron chi connectivity index (χ4n) is 2.22. The van der Waals surface area contributed by atoms with Crippen LogP contribution in [0.5, 0.6) is 0 Å². The fourth-order valence-corrected chi connectivity index (χ4v) is 2.41. The molecule has 0 unspecified atom stereocenters. The lowest BCUT2D eigenvalue weighted by atomic mass is 10.1. The molecule has 2 N–H and O–H groups in total. The summed E-state index contributed by atoms with van der Waals surface area (Å²) in [4.78, 5) is 27.5. The van der Waals surface area contributed by atoms with Gasteiger partial charge in [0, 0.05) is 36.8 Å². The van der Waals surface area contributed by atoms with Gasteiger partial charge in [0.25, 0.3) is 5.91 Å². The first-order chi connectivity index (χ1) is 9.49. The number of rotatable bonds is 2. The van der Waals surface area contributed by atoms with Crippen LogP contribution in [0.15, 0.2) is 24.3 Å². The molecule has 0 bridgehead atoms. The maximum absolute atomic E-state index is 12.3. The summed E-state index contributed by atoms with van der Waals surface area (Å²) in [6, 6.07) is 6.39. The number of amides is 2. The predicted octanol–water partition coefficient (Wildman–Crippen LogP) is 1.39. The van der Waals surface area contributed by atoms with Gasteiger partial charge in [-0.05, 0) is 25.1 Å². The molecule has 21 heavy (non-hydrogen) atoms. The van der Waals surface area contributed by atoms with Crippen molar-refractivity contribution in [1.29, 1.82) is 0 Å². The third kappa shape index (κ3) is 4.33. The number of nitrogens with zero attached hydrogens (tertiary/aromatic N) is 2. The van der Waals surface area contributed by atoms with Crippen molar-refractivity contribution in [2.75, 3.05) is 26.2 Å². The smallest absolute Gasteiger partial charge is 0.254 e. The van der Waals surface area contributed by atoms with Gasteiger partial charge < -0.3 is 15.5 Å². The topological polar surface area (TPSA) is 66.6 Å². The molecule has 1 fully saturated rings. The summed E-state index contributed by atoms with van der Waals surface area (Å²) in [5, 5.41) is 0.543. The molecule has 1 aliphatic heterocycles. The number of hydrogen-bond donors (Lipinski definition) is 1. The summed E-state index contributed by atoms with van der Waals surface area (Å²) in [6.45, 7) is 3.75. The second kappa shape index (κ2) is 7.64. The van der Waals surface area contributed by atoms with Crippen molar-refractivity contribution >= 4 is 35.8 Å². The van der Waals surface area contributed by atoms with Crippen LogP contribution in [0.25, 0.3) is 0 Å². The van der Waals surface area contributed by atoms with Gasteiger partial charge >= 0.3 is 0 Å². The highest BCUT2D eigenvalue weighted by molar-refractivity contribution is 6.30. The molecule has 1 atom stereocenters. The van der Waals surface area contributed by atoms with E-state index in [2.05, 4.69) is 0 Å². The predicted molar refractivity (Wildman–Crippen MR) is 84.8 cm³/mol. The van der Waals surface area contributed by atoms with Crippen molar-refractivity contribution in [2.24, 2.45) is 5.73 Å². The van der Waals surface area contributed by atoms with Gasteiger partial charge in [-0.15, -0.1) is 12.4 Å². The van der Waals surface area contributed by atoms with Crippen LogP contribution in [0.3, 0.4) is 0 Å². The Hall–Kier alpha value is -1.30. The summed E-state index contributed by atoms with van der Waals surface area (Å²) in [5.41, 5.74) is 6.16. The summed E-state index contributed by atoms with van der Waals surface area (Å²) in [6.07, 6.45) is 0. The Morgan fingerprint density at radius 1 is 1.19 bits per heavy atom. The Kier molecular flexibility index (Phi) is 6.45. The van der Waals surface area contributed by atoms with E-state index in [0.29, 0.717) is 36.8 Å². The van der Waals surface area contributed by atoms with E-state index >= 15 is 0 Å². The van der Waals surface area contributed by atoms with Gasteiger partial charge in [0.15, 0.2) is 0 Å². The number of hydrogen-bond acceptors (Lipinski definition) is 3. The van der Waals surface area contributed by atoms with Crippen molar-refractivity contribution in [3.8, 4) is 0 Å². The highest BCUT2D eigenvalue weighted by atomic mass is 35.5. The largest absolute Gasteiger partial charge is 0.338 e. The molecule has 1 aromatic rings. The zero-order valence-corrected chi connectivity index (χ0v) is 13.4. The minimum Gasteiger partial charge on any atom is -0.338 e. The average Bonchev–Trinajstić information content (AvgIpc) is 2.46. The number of carbonyl (C=O) groups excluding carboxylic acids is 2. The lowest BCUT2D eigenvalue weighted by molar-refractivity contribution is -0.133. The molecule has 5 nitrogen and oxygen atoms in total. The third-order valence-corrected chi connectivity index (χ3v) is 3.57. The first kappa shape index (κ1) is 17.8. The molecule has 0 radical (unpaired) electrons. The van der Waals surface area contributed by atoms with Gasteiger partial charge in [-0.2, -0.15) is 0 Å². The molecule has 116 valence electrons. The molecule has 0 spiro atoms. The van der Waals surface area contributed by atoms with Gasteiger partial charge in [-0.3, -0.25) is 9.59 Å². The molecular formula is C14H19Cl2N3O2. The van der Waals surface area contributed by atoms with Crippen molar-refractivity contribution in [1.82, 2.24) is 9.80 Å². The van der Waals surface area contributed by atoms with E-state index in [1.165, 1.54) is 0 Å². The van der Waals surface area contributed by atoms with Gasteiger partial charge in [0.1, 0.15) is 0 Å². The molecule has 0 saturated carbocycles.